The van der Waals surface area contributed by atoms with Gasteiger partial charge in [-0.25, -0.2) is 0 Å². The molecule has 0 aromatic heterocycles. The molecule has 0 N–H and O–H groups in total. The van der Waals surface area contributed by atoms with Crippen LogP contribution < -0.4 is 0 Å². The van der Waals surface area contributed by atoms with E-state index in [1.807, 2.05) is 0 Å². The summed E-state index contributed by atoms with van der Waals surface area (Å²) in [6.45, 7) is 8.24. The van der Waals surface area contributed by atoms with Crippen LogP contribution in [0.2, 0.25) is 0 Å². The van der Waals surface area contributed by atoms with Gasteiger partial charge in [-0.2, -0.15) is 0 Å². The Balaban J connectivity index is 1.62. The number of nitrogens with zero attached hydrogens (tertiary/aromatic N) is 2. The molecule has 1 aliphatic heterocycles. The van der Waals surface area contributed by atoms with E-state index in [0.717, 1.165) is 6.42 Å². The minimum absolute atomic E-state index is 1.16. The summed E-state index contributed by atoms with van der Waals surface area (Å²) < 4.78 is 0. The summed E-state index contributed by atoms with van der Waals surface area (Å²) in [6.07, 6.45) is 2.41. The molecule has 1 heterocycles. The zero-order valence-corrected chi connectivity index (χ0v) is 14.5. The number of likely N-dealkylation sites (N-methyl/N-ethyl adjacent to an activating group) is 1. The first-order valence-electron chi connectivity index (χ1n) is 8.78. The predicted molar refractivity (Wildman–Crippen MR) is 98.9 cm³/mol. The Morgan fingerprint density at radius 2 is 1.70 bits per heavy atom. The number of aryl methyl sites for hydroxylation is 2. The van der Waals surface area contributed by atoms with E-state index in [1.54, 1.807) is 0 Å². The van der Waals surface area contributed by atoms with Crippen molar-refractivity contribution in [2.45, 2.75) is 19.8 Å². The van der Waals surface area contributed by atoms with Crippen LogP contribution in [0.5, 0.6) is 0 Å². The molecule has 0 atom stereocenters. The number of rotatable bonds is 5. The van der Waals surface area contributed by atoms with Crippen molar-refractivity contribution >= 4 is 0 Å². The van der Waals surface area contributed by atoms with Crippen LogP contribution in [0.15, 0.2) is 48.5 Å². The average Bonchev–Trinajstić information content (AvgIpc) is 2.57. The third-order valence-corrected chi connectivity index (χ3v) is 4.86. The van der Waals surface area contributed by atoms with Crippen molar-refractivity contribution in [3.63, 3.8) is 0 Å². The quantitative estimate of drug-likeness (QED) is 0.828. The monoisotopic (exact) mass is 308 g/mol. The minimum Gasteiger partial charge on any atom is -0.304 e. The molecule has 0 amide bonds. The van der Waals surface area contributed by atoms with Gasteiger partial charge >= 0.3 is 0 Å². The molecule has 2 aromatic rings. The maximum Gasteiger partial charge on any atom is 0.0110 e. The normalized spacial score (nSPS) is 16.6. The first-order valence-corrected chi connectivity index (χ1v) is 8.78. The Kier molecular flexibility index (Phi) is 5.47. The van der Waals surface area contributed by atoms with Crippen LogP contribution in [0.4, 0.5) is 0 Å². The molecule has 0 aliphatic carbocycles. The van der Waals surface area contributed by atoms with E-state index in [4.69, 9.17) is 0 Å². The summed E-state index contributed by atoms with van der Waals surface area (Å²) in [7, 11) is 2.22. The lowest BCUT2D eigenvalue weighted by Crippen LogP contribution is -2.44. The number of hydrogen-bond acceptors (Lipinski definition) is 2. The number of hydrogen-bond donors (Lipinski definition) is 0. The van der Waals surface area contributed by atoms with Crippen LogP contribution in [0, 0.1) is 6.92 Å². The Morgan fingerprint density at radius 1 is 0.913 bits per heavy atom. The molecule has 0 unspecified atom stereocenters. The summed E-state index contributed by atoms with van der Waals surface area (Å²) in [5.41, 5.74) is 5.55. The van der Waals surface area contributed by atoms with E-state index < -0.39 is 0 Å². The van der Waals surface area contributed by atoms with Gasteiger partial charge < -0.3 is 9.80 Å². The average molecular weight is 308 g/mol. The molecule has 0 radical (unpaired) electrons. The van der Waals surface area contributed by atoms with Crippen molar-refractivity contribution in [3.8, 4) is 11.1 Å². The second-order valence-corrected chi connectivity index (χ2v) is 6.78. The predicted octanol–water partition coefficient (Wildman–Crippen LogP) is 3.84. The Bertz CT molecular complexity index is 627. The molecule has 1 saturated heterocycles. The molecule has 3 rings (SSSR count). The topological polar surface area (TPSA) is 6.48 Å². The van der Waals surface area contributed by atoms with Gasteiger partial charge in [-0.15, -0.1) is 0 Å². The highest BCUT2D eigenvalue weighted by Crippen LogP contribution is 2.25. The van der Waals surface area contributed by atoms with Gasteiger partial charge in [0.25, 0.3) is 0 Å². The zero-order valence-electron chi connectivity index (χ0n) is 14.5. The van der Waals surface area contributed by atoms with Crippen molar-refractivity contribution in [2.24, 2.45) is 0 Å². The van der Waals surface area contributed by atoms with E-state index >= 15 is 0 Å². The van der Waals surface area contributed by atoms with Gasteiger partial charge in [-0.1, -0.05) is 54.1 Å². The van der Waals surface area contributed by atoms with Crippen molar-refractivity contribution < 1.29 is 0 Å². The summed E-state index contributed by atoms with van der Waals surface area (Å²) >= 11 is 0. The van der Waals surface area contributed by atoms with Crippen molar-refractivity contribution in [1.29, 1.82) is 0 Å². The summed E-state index contributed by atoms with van der Waals surface area (Å²) in [6, 6.07) is 17.7. The van der Waals surface area contributed by atoms with Gasteiger partial charge in [-0.05, 0) is 50.0 Å². The van der Waals surface area contributed by atoms with E-state index in [9.17, 15) is 0 Å². The Morgan fingerprint density at radius 3 is 2.48 bits per heavy atom. The summed E-state index contributed by atoms with van der Waals surface area (Å²) in [5.74, 6) is 0. The zero-order chi connectivity index (χ0) is 16.1. The van der Waals surface area contributed by atoms with E-state index in [-0.39, 0.29) is 0 Å². The Labute approximate surface area is 140 Å². The van der Waals surface area contributed by atoms with Crippen LogP contribution >= 0.6 is 0 Å². The van der Waals surface area contributed by atoms with Crippen LogP contribution in [0.3, 0.4) is 0 Å². The fraction of sp³-hybridized carbons (Fsp3) is 0.429. The van der Waals surface area contributed by atoms with Crippen molar-refractivity contribution in [1.82, 2.24) is 9.80 Å². The highest BCUT2D eigenvalue weighted by molar-refractivity contribution is 5.67. The second kappa shape index (κ2) is 7.76. The van der Waals surface area contributed by atoms with Gasteiger partial charge in [0.05, 0.1) is 0 Å². The van der Waals surface area contributed by atoms with Crippen LogP contribution in [0.25, 0.3) is 11.1 Å². The van der Waals surface area contributed by atoms with Crippen LogP contribution in [0.1, 0.15) is 17.5 Å². The molecular weight excluding hydrogens is 280 g/mol. The maximum atomic E-state index is 2.61. The standard InChI is InChI=1S/C21H28N2/c1-18-7-5-9-20(17-18)21-11-4-3-8-19(21)10-6-12-23-15-13-22(2)14-16-23/h3-5,7-9,11,17H,6,10,12-16H2,1-2H3. The van der Waals surface area contributed by atoms with E-state index in [1.165, 1.54) is 61.4 Å². The lowest BCUT2D eigenvalue weighted by Gasteiger charge is -2.32. The number of benzene rings is 2. The first kappa shape index (κ1) is 16.2. The summed E-state index contributed by atoms with van der Waals surface area (Å²) in [4.78, 5) is 5.03. The molecule has 1 aliphatic rings. The van der Waals surface area contributed by atoms with Gasteiger partial charge in [-0.3, -0.25) is 0 Å². The lowest BCUT2D eigenvalue weighted by atomic mass is 9.95. The smallest absolute Gasteiger partial charge is 0.0110 e. The highest BCUT2D eigenvalue weighted by atomic mass is 15.2. The molecule has 2 heteroatoms. The molecule has 122 valence electrons. The number of piperazine rings is 1. The maximum absolute atomic E-state index is 2.61. The third-order valence-electron chi connectivity index (χ3n) is 4.86. The second-order valence-electron chi connectivity index (χ2n) is 6.78. The fourth-order valence-corrected chi connectivity index (χ4v) is 3.40. The third kappa shape index (κ3) is 4.43. The molecule has 1 fully saturated rings. The van der Waals surface area contributed by atoms with E-state index in [2.05, 4.69) is 72.3 Å². The van der Waals surface area contributed by atoms with Gasteiger partial charge in [0.1, 0.15) is 0 Å². The molecule has 0 saturated carbocycles. The van der Waals surface area contributed by atoms with Crippen LogP contribution in [-0.2, 0) is 6.42 Å². The minimum atomic E-state index is 1.16. The van der Waals surface area contributed by atoms with Crippen molar-refractivity contribution in [2.75, 3.05) is 39.8 Å². The van der Waals surface area contributed by atoms with Gasteiger partial charge in [0, 0.05) is 26.2 Å². The highest BCUT2D eigenvalue weighted by Gasteiger charge is 2.13. The van der Waals surface area contributed by atoms with Crippen molar-refractivity contribution in [3.05, 3.63) is 59.7 Å². The molecule has 2 aromatic carbocycles. The summed E-state index contributed by atoms with van der Waals surface area (Å²) in [5, 5.41) is 0. The largest absolute Gasteiger partial charge is 0.304 e. The molecule has 0 spiro atoms. The first-order chi connectivity index (χ1) is 11.2. The fourth-order valence-electron chi connectivity index (χ4n) is 3.40. The van der Waals surface area contributed by atoms with E-state index in [0.29, 0.717) is 0 Å². The molecular formula is C21H28N2. The SMILES string of the molecule is Cc1cccc(-c2ccccc2CCCN2CCN(C)CC2)c1. The molecule has 0 bridgehead atoms. The molecule has 23 heavy (non-hydrogen) atoms. The van der Waals surface area contributed by atoms with Gasteiger partial charge in [0.15, 0.2) is 0 Å². The lowest BCUT2D eigenvalue weighted by molar-refractivity contribution is 0.153. The van der Waals surface area contributed by atoms with Gasteiger partial charge in [0.2, 0.25) is 0 Å². The van der Waals surface area contributed by atoms with Crippen LogP contribution in [-0.4, -0.2) is 49.6 Å². The Hall–Kier alpha value is -1.64. The molecule has 2 nitrogen and oxygen atoms in total.